The van der Waals surface area contributed by atoms with E-state index in [1.54, 1.807) is 5.38 Å². The number of thiazole rings is 1. The number of amides is 1. The van der Waals surface area contributed by atoms with Crippen LogP contribution in [0.25, 0.3) is 0 Å². The SMILES string of the molecule is CCN(CC)C(C)(C)CCC(C(=O)NCc1cc(C(F)(F)F)cc(C(F)(F)F)c1)c1csc(N=C(N)N)n1. The van der Waals surface area contributed by atoms with Crippen molar-refractivity contribution in [2.24, 2.45) is 16.5 Å². The van der Waals surface area contributed by atoms with Crippen molar-refractivity contribution in [1.29, 1.82) is 0 Å². The zero-order chi connectivity index (χ0) is 28.9. The maximum absolute atomic E-state index is 13.2. The van der Waals surface area contributed by atoms with Crippen molar-refractivity contribution in [3.8, 4) is 0 Å². The summed E-state index contributed by atoms with van der Waals surface area (Å²) in [6.07, 6.45) is -9.09. The monoisotopic (exact) mass is 566 g/mol. The van der Waals surface area contributed by atoms with Crippen LogP contribution >= 0.6 is 11.3 Å². The molecule has 0 fully saturated rings. The predicted molar refractivity (Wildman–Crippen MR) is 135 cm³/mol. The third kappa shape index (κ3) is 8.58. The van der Waals surface area contributed by atoms with Crippen molar-refractivity contribution < 1.29 is 31.1 Å². The van der Waals surface area contributed by atoms with Crippen LogP contribution in [-0.2, 0) is 23.7 Å². The molecule has 0 aliphatic heterocycles. The Balaban J connectivity index is 2.34. The Labute approximate surface area is 221 Å². The number of halogens is 6. The Morgan fingerprint density at radius 1 is 1.05 bits per heavy atom. The molecule has 0 spiro atoms. The second-order valence-electron chi connectivity index (χ2n) is 9.30. The van der Waals surface area contributed by atoms with E-state index in [1.807, 2.05) is 27.7 Å². The first-order valence-electron chi connectivity index (χ1n) is 11.8. The lowest BCUT2D eigenvalue weighted by atomic mass is 9.89. The maximum atomic E-state index is 13.2. The van der Waals surface area contributed by atoms with Gasteiger partial charge in [0.25, 0.3) is 0 Å². The van der Waals surface area contributed by atoms with E-state index in [4.69, 9.17) is 11.5 Å². The smallest absolute Gasteiger partial charge is 0.370 e. The van der Waals surface area contributed by atoms with Crippen LogP contribution in [0.4, 0.5) is 31.5 Å². The van der Waals surface area contributed by atoms with Gasteiger partial charge in [-0.05, 0) is 63.5 Å². The van der Waals surface area contributed by atoms with E-state index < -0.39 is 41.8 Å². The van der Waals surface area contributed by atoms with Crippen LogP contribution in [0.2, 0.25) is 0 Å². The summed E-state index contributed by atoms with van der Waals surface area (Å²) >= 11 is 1.10. The highest BCUT2D eigenvalue weighted by molar-refractivity contribution is 7.13. The van der Waals surface area contributed by atoms with Crippen molar-refractivity contribution in [3.05, 3.63) is 46.0 Å². The molecule has 0 saturated carbocycles. The molecule has 1 aromatic heterocycles. The van der Waals surface area contributed by atoms with Crippen LogP contribution in [-0.4, -0.2) is 40.4 Å². The second-order valence-corrected chi connectivity index (χ2v) is 10.1. The molecular formula is C24H32F6N6OS. The fraction of sp³-hybridized carbons (Fsp3) is 0.542. The second kappa shape index (κ2) is 12.3. The number of alkyl halides is 6. The first-order chi connectivity index (χ1) is 17.5. The van der Waals surface area contributed by atoms with Gasteiger partial charge >= 0.3 is 12.4 Å². The number of carbonyl (C=O) groups is 1. The van der Waals surface area contributed by atoms with Crippen LogP contribution in [0.3, 0.4) is 0 Å². The molecule has 2 aromatic rings. The topological polar surface area (TPSA) is 110 Å². The van der Waals surface area contributed by atoms with Gasteiger partial charge in [0.15, 0.2) is 5.96 Å². The number of nitrogens with zero attached hydrogens (tertiary/aromatic N) is 3. The van der Waals surface area contributed by atoms with Crippen molar-refractivity contribution >= 4 is 28.3 Å². The minimum Gasteiger partial charge on any atom is -0.370 e. The molecular weight excluding hydrogens is 534 g/mol. The van der Waals surface area contributed by atoms with E-state index in [0.29, 0.717) is 30.7 Å². The highest BCUT2D eigenvalue weighted by Gasteiger charge is 2.37. The Hall–Kier alpha value is -2.87. The summed E-state index contributed by atoms with van der Waals surface area (Å²) in [5.74, 6) is -1.65. The maximum Gasteiger partial charge on any atom is 0.416 e. The number of rotatable bonds is 11. The summed E-state index contributed by atoms with van der Waals surface area (Å²) in [6, 6.07) is 1.23. The van der Waals surface area contributed by atoms with Gasteiger partial charge in [0.05, 0.1) is 22.7 Å². The van der Waals surface area contributed by atoms with E-state index in [-0.39, 0.29) is 28.3 Å². The van der Waals surface area contributed by atoms with Gasteiger partial charge in [-0.25, -0.2) is 4.98 Å². The summed E-state index contributed by atoms with van der Waals surface area (Å²) in [7, 11) is 0. The standard InChI is InChI=1S/C24H32F6N6OS/c1-5-36(6-2)22(3,4)8-7-17(18-13-38-21(34-18)35-20(31)32)19(37)33-12-14-9-15(23(25,26)27)11-16(10-14)24(28,29)30/h9-11,13,17H,5-8,12H2,1-4H3,(H,33,37)(H4,31,32,34,35). The van der Waals surface area contributed by atoms with Crippen LogP contribution in [0.5, 0.6) is 0 Å². The summed E-state index contributed by atoms with van der Waals surface area (Å²) in [4.78, 5) is 23.6. The van der Waals surface area contributed by atoms with Gasteiger partial charge in [-0.1, -0.05) is 13.8 Å². The molecule has 0 bridgehead atoms. The number of guanidine groups is 1. The van der Waals surface area contributed by atoms with Crippen LogP contribution < -0.4 is 16.8 Å². The average molecular weight is 567 g/mol. The molecule has 1 amide bonds. The normalized spacial score (nSPS) is 13.4. The van der Waals surface area contributed by atoms with Crippen molar-refractivity contribution in [1.82, 2.24) is 15.2 Å². The van der Waals surface area contributed by atoms with Crippen LogP contribution in [0.1, 0.15) is 68.8 Å². The predicted octanol–water partition coefficient (Wildman–Crippen LogP) is 5.39. The molecule has 14 heteroatoms. The summed E-state index contributed by atoms with van der Waals surface area (Å²) in [5.41, 5.74) is 7.63. The van der Waals surface area contributed by atoms with Crippen LogP contribution in [0.15, 0.2) is 28.6 Å². The lowest BCUT2D eigenvalue weighted by molar-refractivity contribution is -0.143. The molecule has 0 radical (unpaired) electrons. The third-order valence-electron chi connectivity index (χ3n) is 6.19. The molecule has 2 rings (SSSR count). The van der Waals surface area contributed by atoms with Crippen molar-refractivity contribution in [2.45, 2.75) is 70.9 Å². The number of aromatic nitrogens is 1. The largest absolute Gasteiger partial charge is 0.416 e. The first kappa shape index (κ1) is 31.3. The van der Waals surface area contributed by atoms with Gasteiger partial charge in [-0.15, -0.1) is 11.3 Å². The summed E-state index contributed by atoms with van der Waals surface area (Å²) in [6.45, 7) is 9.12. The van der Waals surface area contributed by atoms with Gasteiger partial charge < -0.3 is 16.8 Å². The van der Waals surface area contributed by atoms with Gasteiger partial charge in [0.2, 0.25) is 11.0 Å². The molecule has 38 heavy (non-hydrogen) atoms. The van der Waals surface area contributed by atoms with Crippen LogP contribution in [0, 0.1) is 0 Å². The summed E-state index contributed by atoms with van der Waals surface area (Å²) in [5, 5.41) is 4.31. The molecule has 1 aromatic carbocycles. The average Bonchev–Trinajstić information content (AvgIpc) is 3.24. The van der Waals surface area contributed by atoms with E-state index in [0.717, 1.165) is 24.4 Å². The third-order valence-corrected chi connectivity index (χ3v) is 6.94. The highest BCUT2D eigenvalue weighted by atomic mass is 32.1. The quantitative estimate of drug-likeness (QED) is 0.192. The lowest BCUT2D eigenvalue weighted by Gasteiger charge is -2.38. The number of nitrogens with one attached hydrogen (secondary N) is 1. The van der Waals surface area contributed by atoms with Gasteiger partial charge in [0.1, 0.15) is 0 Å². The fourth-order valence-electron chi connectivity index (χ4n) is 4.18. The van der Waals surface area contributed by atoms with Gasteiger partial charge in [-0.2, -0.15) is 31.3 Å². The number of hydrogen-bond donors (Lipinski definition) is 3. The molecule has 5 N–H and O–H groups in total. The van der Waals surface area contributed by atoms with E-state index in [9.17, 15) is 31.1 Å². The number of nitrogens with two attached hydrogens (primary N) is 2. The first-order valence-corrected chi connectivity index (χ1v) is 12.7. The molecule has 0 aliphatic rings. The molecule has 212 valence electrons. The zero-order valence-corrected chi connectivity index (χ0v) is 22.3. The Morgan fingerprint density at radius 2 is 1.61 bits per heavy atom. The van der Waals surface area contributed by atoms with Gasteiger partial charge in [-0.3, -0.25) is 9.69 Å². The molecule has 7 nitrogen and oxygen atoms in total. The van der Waals surface area contributed by atoms with Crippen molar-refractivity contribution in [2.75, 3.05) is 13.1 Å². The van der Waals surface area contributed by atoms with Crippen molar-refractivity contribution in [3.63, 3.8) is 0 Å². The zero-order valence-electron chi connectivity index (χ0n) is 21.5. The number of benzene rings is 1. The minimum absolute atomic E-state index is 0.0455. The molecule has 0 saturated heterocycles. The fourth-order valence-corrected chi connectivity index (χ4v) is 4.94. The Kier molecular flexibility index (Phi) is 10.2. The Morgan fingerprint density at radius 3 is 2.08 bits per heavy atom. The van der Waals surface area contributed by atoms with Gasteiger partial charge in [0, 0.05) is 17.5 Å². The number of aliphatic imine (C=N–C) groups is 1. The number of hydrogen-bond acceptors (Lipinski definition) is 5. The highest BCUT2D eigenvalue weighted by Crippen LogP contribution is 2.36. The van der Waals surface area contributed by atoms with E-state index in [1.165, 1.54) is 0 Å². The summed E-state index contributed by atoms with van der Waals surface area (Å²) < 4.78 is 79.3. The molecule has 0 aliphatic carbocycles. The minimum atomic E-state index is -4.99. The lowest BCUT2D eigenvalue weighted by Crippen LogP contribution is -2.44. The van der Waals surface area contributed by atoms with E-state index >= 15 is 0 Å². The molecule has 1 atom stereocenters. The molecule has 1 unspecified atom stereocenters. The number of carbonyl (C=O) groups excluding carboxylic acids is 1. The molecule has 1 heterocycles. The van der Waals surface area contributed by atoms with E-state index in [2.05, 4.69) is 20.2 Å². The Bertz CT molecular complexity index is 1090.